The Morgan fingerprint density at radius 3 is 2.30 bits per heavy atom. The molecule has 1 aromatic rings. The molecule has 1 heterocycles. The van der Waals surface area contributed by atoms with E-state index in [1.54, 1.807) is 11.6 Å². The van der Waals surface area contributed by atoms with E-state index in [2.05, 4.69) is 5.32 Å². The van der Waals surface area contributed by atoms with Crippen LogP contribution in [0, 0.1) is 0 Å². The molecule has 2 amide bonds. The molecule has 1 aromatic heterocycles. The van der Waals surface area contributed by atoms with E-state index in [-0.39, 0.29) is 18.3 Å². The Morgan fingerprint density at radius 1 is 1.35 bits per heavy atom. The van der Waals surface area contributed by atoms with E-state index in [1.165, 1.54) is 12.3 Å². The number of amides is 2. The highest BCUT2D eigenvalue weighted by Gasteiger charge is 2.22. The van der Waals surface area contributed by atoms with Gasteiger partial charge in [0.05, 0.1) is 5.56 Å². The van der Waals surface area contributed by atoms with Crippen LogP contribution in [-0.2, 0) is 7.05 Å². The first-order valence-corrected chi connectivity index (χ1v) is 6.36. The molecular formula is C13H23ClN4O2. The fourth-order valence-corrected chi connectivity index (χ4v) is 1.77. The summed E-state index contributed by atoms with van der Waals surface area (Å²) in [5.74, 6) is -0.809. The van der Waals surface area contributed by atoms with Crippen LogP contribution in [0.15, 0.2) is 12.3 Å². The molecular weight excluding hydrogens is 280 g/mol. The lowest BCUT2D eigenvalue weighted by molar-refractivity contribution is 0.0933. The van der Waals surface area contributed by atoms with Crippen molar-refractivity contribution < 1.29 is 9.59 Å². The minimum Gasteiger partial charge on any atom is -0.366 e. The van der Waals surface area contributed by atoms with Gasteiger partial charge in [-0.25, -0.2) is 0 Å². The van der Waals surface area contributed by atoms with Gasteiger partial charge in [-0.2, -0.15) is 0 Å². The molecule has 20 heavy (non-hydrogen) atoms. The Kier molecular flexibility index (Phi) is 6.75. The minimum absolute atomic E-state index is 0. The number of carbonyl (C=O) groups excluding carboxylic acids is 2. The van der Waals surface area contributed by atoms with Gasteiger partial charge in [0, 0.05) is 25.3 Å². The molecule has 0 atom stereocenters. The van der Waals surface area contributed by atoms with Crippen molar-refractivity contribution in [3.05, 3.63) is 23.5 Å². The van der Waals surface area contributed by atoms with Crippen LogP contribution in [0.5, 0.6) is 0 Å². The van der Waals surface area contributed by atoms with Crippen molar-refractivity contribution in [1.29, 1.82) is 0 Å². The van der Waals surface area contributed by atoms with Crippen molar-refractivity contribution >= 4 is 24.2 Å². The number of hydrogen-bond donors (Lipinski definition) is 3. The number of aryl methyl sites for hydroxylation is 1. The van der Waals surface area contributed by atoms with E-state index < -0.39 is 11.4 Å². The fraction of sp³-hybridized carbons (Fsp3) is 0.538. The lowest BCUT2D eigenvalue weighted by Crippen LogP contribution is -2.49. The molecule has 0 aliphatic carbocycles. The Hall–Kier alpha value is -1.53. The molecule has 6 nitrogen and oxygen atoms in total. The van der Waals surface area contributed by atoms with E-state index in [0.29, 0.717) is 17.8 Å². The van der Waals surface area contributed by atoms with Crippen LogP contribution in [0.25, 0.3) is 0 Å². The number of rotatable bonds is 6. The predicted octanol–water partition coefficient (Wildman–Crippen LogP) is 0.793. The van der Waals surface area contributed by atoms with Crippen molar-refractivity contribution in [2.24, 2.45) is 18.5 Å². The number of halogens is 1. The molecule has 0 spiro atoms. The van der Waals surface area contributed by atoms with E-state index in [1.807, 2.05) is 13.8 Å². The summed E-state index contributed by atoms with van der Waals surface area (Å²) in [7, 11) is 1.69. The normalized spacial score (nSPS) is 10.8. The Bertz CT molecular complexity index is 481. The second-order valence-corrected chi connectivity index (χ2v) is 4.84. The average molecular weight is 303 g/mol. The summed E-state index contributed by atoms with van der Waals surface area (Å²) in [6.45, 7) is 4.38. The van der Waals surface area contributed by atoms with Gasteiger partial charge in [0.15, 0.2) is 0 Å². The third-order valence-corrected chi connectivity index (χ3v) is 3.53. The monoisotopic (exact) mass is 302 g/mol. The third-order valence-electron chi connectivity index (χ3n) is 3.53. The first-order chi connectivity index (χ1) is 8.83. The summed E-state index contributed by atoms with van der Waals surface area (Å²) in [5, 5.41) is 2.80. The van der Waals surface area contributed by atoms with Gasteiger partial charge in [0.1, 0.15) is 5.69 Å². The second kappa shape index (κ2) is 7.31. The Labute approximate surface area is 125 Å². The van der Waals surface area contributed by atoms with E-state index in [4.69, 9.17) is 11.5 Å². The predicted molar refractivity (Wildman–Crippen MR) is 81.0 cm³/mol. The zero-order valence-corrected chi connectivity index (χ0v) is 12.9. The standard InChI is InChI=1S/C13H22N4O2.ClH/c1-4-13(15,5-2)8-16-12(19)10-6-9(11(14)18)7-17(10)3;/h6-7H,4-5,8,15H2,1-3H3,(H2,14,18)(H,16,19);1H. The summed E-state index contributed by atoms with van der Waals surface area (Å²) in [5.41, 5.74) is 11.6. The molecule has 0 saturated heterocycles. The van der Waals surface area contributed by atoms with Gasteiger partial charge in [-0.15, -0.1) is 12.4 Å². The van der Waals surface area contributed by atoms with Gasteiger partial charge < -0.3 is 21.4 Å². The SMILES string of the molecule is CCC(N)(CC)CNC(=O)c1cc(C(N)=O)cn1C.Cl. The molecule has 7 heteroatoms. The van der Waals surface area contributed by atoms with Crippen LogP contribution in [0.1, 0.15) is 47.5 Å². The Balaban J connectivity index is 0.00000361. The highest BCUT2D eigenvalue weighted by Crippen LogP contribution is 2.11. The molecule has 0 radical (unpaired) electrons. The topological polar surface area (TPSA) is 103 Å². The smallest absolute Gasteiger partial charge is 0.267 e. The van der Waals surface area contributed by atoms with Gasteiger partial charge in [0.25, 0.3) is 5.91 Å². The van der Waals surface area contributed by atoms with E-state index in [0.717, 1.165) is 12.8 Å². The summed E-state index contributed by atoms with van der Waals surface area (Å²) in [6.07, 6.45) is 3.10. The van der Waals surface area contributed by atoms with Crippen LogP contribution in [0.4, 0.5) is 0 Å². The van der Waals surface area contributed by atoms with Crippen molar-refractivity contribution in [2.75, 3.05) is 6.54 Å². The number of carbonyl (C=O) groups is 2. The number of aromatic nitrogens is 1. The maximum atomic E-state index is 12.0. The van der Waals surface area contributed by atoms with Crippen LogP contribution < -0.4 is 16.8 Å². The lowest BCUT2D eigenvalue weighted by atomic mass is 9.94. The first-order valence-electron chi connectivity index (χ1n) is 6.36. The third kappa shape index (κ3) is 4.25. The molecule has 0 unspecified atom stereocenters. The zero-order chi connectivity index (χ0) is 14.6. The van der Waals surface area contributed by atoms with Crippen molar-refractivity contribution in [1.82, 2.24) is 9.88 Å². The average Bonchev–Trinajstić information content (AvgIpc) is 2.78. The van der Waals surface area contributed by atoms with Crippen LogP contribution in [0.3, 0.4) is 0 Å². The number of primary amides is 1. The molecule has 1 rings (SSSR count). The summed E-state index contributed by atoms with van der Waals surface area (Å²) < 4.78 is 1.57. The van der Waals surface area contributed by atoms with Gasteiger partial charge >= 0.3 is 0 Å². The fourth-order valence-electron chi connectivity index (χ4n) is 1.77. The van der Waals surface area contributed by atoms with E-state index >= 15 is 0 Å². The Morgan fingerprint density at radius 2 is 1.90 bits per heavy atom. The minimum atomic E-state index is -0.551. The highest BCUT2D eigenvalue weighted by atomic mass is 35.5. The van der Waals surface area contributed by atoms with Crippen molar-refractivity contribution in [3.63, 3.8) is 0 Å². The summed E-state index contributed by atoms with van der Waals surface area (Å²) >= 11 is 0. The lowest BCUT2D eigenvalue weighted by Gasteiger charge is -2.26. The number of hydrogen-bond acceptors (Lipinski definition) is 3. The summed E-state index contributed by atoms with van der Waals surface area (Å²) in [4.78, 5) is 23.1. The maximum Gasteiger partial charge on any atom is 0.267 e. The highest BCUT2D eigenvalue weighted by molar-refractivity contribution is 5.98. The number of nitrogens with zero attached hydrogens (tertiary/aromatic N) is 1. The number of nitrogens with one attached hydrogen (secondary N) is 1. The van der Waals surface area contributed by atoms with Gasteiger partial charge in [-0.1, -0.05) is 13.8 Å². The molecule has 0 aromatic carbocycles. The quantitative estimate of drug-likeness (QED) is 0.724. The summed E-state index contributed by atoms with van der Waals surface area (Å²) in [6, 6.07) is 1.48. The number of nitrogens with two attached hydrogens (primary N) is 2. The van der Waals surface area contributed by atoms with Gasteiger partial charge in [-0.3, -0.25) is 9.59 Å². The molecule has 0 fully saturated rings. The van der Waals surface area contributed by atoms with E-state index in [9.17, 15) is 9.59 Å². The molecule has 0 bridgehead atoms. The zero-order valence-electron chi connectivity index (χ0n) is 12.1. The second-order valence-electron chi connectivity index (χ2n) is 4.84. The van der Waals surface area contributed by atoms with Crippen LogP contribution in [-0.4, -0.2) is 28.5 Å². The molecule has 0 aliphatic rings. The largest absolute Gasteiger partial charge is 0.366 e. The molecule has 0 saturated carbocycles. The van der Waals surface area contributed by atoms with Gasteiger partial charge in [0.2, 0.25) is 5.91 Å². The molecule has 114 valence electrons. The molecule has 5 N–H and O–H groups in total. The van der Waals surface area contributed by atoms with Crippen molar-refractivity contribution in [3.8, 4) is 0 Å². The van der Waals surface area contributed by atoms with Crippen LogP contribution >= 0.6 is 12.4 Å². The maximum absolute atomic E-state index is 12.0. The van der Waals surface area contributed by atoms with Gasteiger partial charge in [-0.05, 0) is 18.9 Å². The van der Waals surface area contributed by atoms with Crippen LogP contribution in [0.2, 0.25) is 0 Å². The molecule has 0 aliphatic heterocycles. The first kappa shape index (κ1) is 18.5. The van der Waals surface area contributed by atoms with Crippen molar-refractivity contribution in [2.45, 2.75) is 32.2 Å².